The monoisotopic (exact) mass is 335 g/mol. The van der Waals surface area contributed by atoms with E-state index in [0.29, 0.717) is 0 Å². The Morgan fingerprint density at radius 3 is 2.27 bits per heavy atom. The standard InChI is InChI=1S/C15H10FNO3S2/c16-22(18,19)20-13-8-6-12(7-9-13)15-17-14(10-21-15)11-4-2-1-3-5-11/h1-10H. The Hall–Kier alpha value is -2.25. The second-order valence-corrected chi connectivity index (χ2v) is 6.22. The fraction of sp³-hybridized carbons (Fsp3) is 0. The molecular weight excluding hydrogens is 325 g/mol. The van der Waals surface area contributed by atoms with E-state index in [1.165, 1.54) is 23.5 Å². The van der Waals surface area contributed by atoms with E-state index in [1.807, 2.05) is 35.7 Å². The van der Waals surface area contributed by atoms with Crippen LogP contribution in [0.2, 0.25) is 0 Å². The molecular formula is C15H10FNO3S2. The van der Waals surface area contributed by atoms with Gasteiger partial charge in [-0.15, -0.1) is 11.3 Å². The number of thiazole rings is 1. The molecule has 0 fully saturated rings. The number of aromatic nitrogens is 1. The predicted octanol–water partition coefficient (Wildman–Crippen LogP) is 4.07. The molecule has 0 aliphatic rings. The van der Waals surface area contributed by atoms with Gasteiger partial charge < -0.3 is 4.18 Å². The van der Waals surface area contributed by atoms with Crippen LogP contribution < -0.4 is 4.18 Å². The van der Waals surface area contributed by atoms with Crippen molar-refractivity contribution in [3.05, 3.63) is 60.0 Å². The molecule has 0 bridgehead atoms. The highest BCUT2D eigenvalue weighted by Gasteiger charge is 2.10. The summed E-state index contributed by atoms with van der Waals surface area (Å²) in [5.74, 6) is -0.0777. The molecule has 3 rings (SSSR count). The molecule has 0 saturated carbocycles. The van der Waals surface area contributed by atoms with Crippen molar-refractivity contribution < 1.29 is 16.5 Å². The molecule has 0 saturated heterocycles. The van der Waals surface area contributed by atoms with E-state index in [9.17, 15) is 12.3 Å². The first-order chi connectivity index (χ1) is 10.5. The SMILES string of the molecule is O=S(=O)(F)Oc1ccc(-c2nc(-c3ccccc3)cs2)cc1. The first kappa shape index (κ1) is 14.7. The zero-order chi connectivity index (χ0) is 15.6. The molecule has 0 aliphatic heterocycles. The number of benzene rings is 2. The number of halogens is 1. The lowest BCUT2D eigenvalue weighted by Gasteiger charge is -2.01. The van der Waals surface area contributed by atoms with Crippen LogP contribution in [-0.2, 0) is 10.5 Å². The first-order valence-corrected chi connectivity index (χ1v) is 8.45. The van der Waals surface area contributed by atoms with Crippen molar-refractivity contribution in [1.29, 1.82) is 0 Å². The number of hydrogen-bond acceptors (Lipinski definition) is 5. The molecule has 22 heavy (non-hydrogen) atoms. The van der Waals surface area contributed by atoms with Crippen molar-refractivity contribution >= 4 is 21.8 Å². The second-order valence-electron chi connectivity index (χ2n) is 4.40. The van der Waals surface area contributed by atoms with Crippen LogP contribution in [0.5, 0.6) is 5.75 Å². The highest BCUT2D eigenvalue weighted by Crippen LogP contribution is 2.30. The fourth-order valence-electron chi connectivity index (χ4n) is 1.92. The van der Waals surface area contributed by atoms with Crippen molar-refractivity contribution in [3.8, 4) is 27.6 Å². The van der Waals surface area contributed by atoms with Crippen molar-refractivity contribution in [2.75, 3.05) is 0 Å². The van der Waals surface area contributed by atoms with Gasteiger partial charge in [-0.1, -0.05) is 34.2 Å². The Bertz CT molecular complexity index is 875. The van der Waals surface area contributed by atoms with Gasteiger partial charge in [0.25, 0.3) is 0 Å². The molecule has 4 nitrogen and oxygen atoms in total. The lowest BCUT2D eigenvalue weighted by Crippen LogP contribution is -2.00. The molecule has 0 spiro atoms. The Morgan fingerprint density at radius 1 is 0.955 bits per heavy atom. The van der Waals surface area contributed by atoms with Gasteiger partial charge >= 0.3 is 10.5 Å². The molecule has 112 valence electrons. The molecule has 0 amide bonds. The van der Waals surface area contributed by atoms with Gasteiger partial charge in [0.2, 0.25) is 0 Å². The maximum absolute atomic E-state index is 12.4. The molecule has 0 atom stereocenters. The Labute approximate surface area is 131 Å². The Morgan fingerprint density at radius 2 is 1.64 bits per heavy atom. The highest BCUT2D eigenvalue weighted by molar-refractivity contribution is 7.81. The topological polar surface area (TPSA) is 56.3 Å². The third-order valence-electron chi connectivity index (χ3n) is 2.87. The van der Waals surface area contributed by atoms with E-state index >= 15 is 0 Å². The average Bonchev–Trinajstić information content (AvgIpc) is 2.97. The number of hydrogen-bond donors (Lipinski definition) is 0. The summed E-state index contributed by atoms with van der Waals surface area (Å²) >= 11 is 1.47. The van der Waals surface area contributed by atoms with Gasteiger partial charge in [0.15, 0.2) is 0 Å². The van der Waals surface area contributed by atoms with E-state index < -0.39 is 10.5 Å². The Balaban J connectivity index is 1.85. The second kappa shape index (κ2) is 5.86. The van der Waals surface area contributed by atoms with Gasteiger partial charge in [-0.3, -0.25) is 0 Å². The predicted molar refractivity (Wildman–Crippen MR) is 83.6 cm³/mol. The van der Waals surface area contributed by atoms with Crippen LogP contribution in [0.25, 0.3) is 21.8 Å². The summed E-state index contributed by atoms with van der Waals surface area (Å²) in [6.07, 6.45) is 0. The summed E-state index contributed by atoms with van der Waals surface area (Å²) in [7, 11) is -5.00. The van der Waals surface area contributed by atoms with E-state index in [2.05, 4.69) is 9.17 Å². The van der Waals surface area contributed by atoms with Crippen molar-refractivity contribution in [2.24, 2.45) is 0 Å². The highest BCUT2D eigenvalue weighted by atomic mass is 32.3. The minimum atomic E-state index is -5.00. The van der Waals surface area contributed by atoms with E-state index in [1.54, 1.807) is 12.1 Å². The average molecular weight is 335 g/mol. The lowest BCUT2D eigenvalue weighted by molar-refractivity contribution is 0.440. The number of rotatable bonds is 4. The van der Waals surface area contributed by atoms with Crippen LogP contribution in [0.3, 0.4) is 0 Å². The van der Waals surface area contributed by atoms with Crippen molar-refractivity contribution in [1.82, 2.24) is 4.98 Å². The van der Waals surface area contributed by atoms with Crippen LogP contribution >= 0.6 is 11.3 Å². The van der Waals surface area contributed by atoms with Gasteiger partial charge in [0.05, 0.1) is 5.69 Å². The summed E-state index contributed by atoms with van der Waals surface area (Å²) in [6.45, 7) is 0. The molecule has 0 unspecified atom stereocenters. The van der Waals surface area contributed by atoms with Crippen molar-refractivity contribution in [3.63, 3.8) is 0 Å². The largest absolute Gasteiger partial charge is 0.488 e. The third kappa shape index (κ3) is 3.49. The van der Waals surface area contributed by atoms with Gasteiger partial charge in [0, 0.05) is 16.5 Å². The molecule has 2 aromatic carbocycles. The summed E-state index contributed by atoms with van der Waals surface area (Å²) in [4.78, 5) is 4.54. The maximum atomic E-state index is 12.4. The quantitative estimate of drug-likeness (QED) is 0.674. The molecule has 0 N–H and O–H groups in total. The molecule has 0 aliphatic carbocycles. The summed E-state index contributed by atoms with van der Waals surface area (Å²) in [5, 5.41) is 2.73. The van der Waals surface area contributed by atoms with Gasteiger partial charge in [-0.2, -0.15) is 8.42 Å². The minimum absolute atomic E-state index is 0.0777. The van der Waals surface area contributed by atoms with Crippen LogP contribution in [0, 0.1) is 0 Å². The zero-order valence-corrected chi connectivity index (χ0v) is 12.8. The number of nitrogens with zero attached hydrogens (tertiary/aromatic N) is 1. The van der Waals surface area contributed by atoms with Crippen molar-refractivity contribution in [2.45, 2.75) is 0 Å². The molecule has 1 heterocycles. The van der Waals surface area contributed by atoms with Crippen LogP contribution in [0.15, 0.2) is 60.0 Å². The normalized spacial score (nSPS) is 11.3. The first-order valence-electron chi connectivity index (χ1n) is 6.27. The van der Waals surface area contributed by atoms with Gasteiger partial charge in [-0.25, -0.2) is 4.98 Å². The summed E-state index contributed by atoms with van der Waals surface area (Å²) in [6, 6.07) is 15.8. The van der Waals surface area contributed by atoms with Crippen LogP contribution in [-0.4, -0.2) is 13.4 Å². The van der Waals surface area contributed by atoms with Crippen LogP contribution in [0.4, 0.5) is 3.89 Å². The maximum Gasteiger partial charge on any atom is 0.488 e. The lowest BCUT2D eigenvalue weighted by atomic mass is 10.2. The molecule has 3 aromatic rings. The smallest absolute Gasteiger partial charge is 0.358 e. The summed E-state index contributed by atoms with van der Waals surface area (Å²) in [5.41, 5.74) is 2.69. The summed E-state index contributed by atoms with van der Waals surface area (Å²) < 4.78 is 37.4. The molecule has 0 radical (unpaired) electrons. The molecule has 7 heteroatoms. The Kier molecular flexibility index (Phi) is 3.91. The zero-order valence-electron chi connectivity index (χ0n) is 11.1. The van der Waals surface area contributed by atoms with E-state index in [0.717, 1.165) is 21.8 Å². The fourth-order valence-corrected chi connectivity index (χ4v) is 3.09. The van der Waals surface area contributed by atoms with Crippen LogP contribution in [0.1, 0.15) is 0 Å². The minimum Gasteiger partial charge on any atom is -0.358 e. The van der Waals surface area contributed by atoms with Gasteiger partial charge in [-0.05, 0) is 24.3 Å². The van der Waals surface area contributed by atoms with E-state index in [4.69, 9.17) is 0 Å². The van der Waals surface area contributed by atoms with E-state index in [-0.39, 0.29) is 5.75 Å². The molecule has 1 aromatic heterocycles. The van der Waals surface area contributed by atoms with Gasteiger partial charge in [0.1, 0.15) is 10.8 Å². The third-order valence-corrected chi connectivity index (χ3v) is 4.15.